The molecule has 51 valence electrons. The minimum absolute atomic E-state index is 1.35. The molecule has 0 saturated heterocycles. The van der Waals surface area contributed by atoms with Gasteiger partial charge in [-0.05, 0) is 0 Å². The van der Waals surface area contributed by atoms with Gasteiger partial charge in [-0.25, -0.2) is 0 Å². The quantitative estimate of drug-likeness (QED) is 0.709. The standard InChI is InChI=1S/C6H5.C2H5.BrH.Zn/c1-2-4-6-5-3-1;1-2;;/h1-5H;1H2,2H3;1H;/q;;;+1/p-1. The molecule has 10 heavy (non-hydrogen) atoms. The monoisotopic (exact) mass is 249 g/mol. The van der Waals surface area contributed by atoms with E-state index in [1.807, 2.05) is 0 Å². The van der Waals surface area contributed by atoms with E-state index in [9.17, 15) is 0 Å². The van der Waals surface area contributed by atoms with Crippen LogP contribution in [0, 0.1) is 0 Å². The topological polar surface area (TPSA) is 0 Å². The first-order chi connectivity index (χ1) is 4.84. The maximum atomic E-state index is 3.79. The van der Waals surface area contributed by atoms with Gasteiger partial charge in [0.1, 0.15) is 0 Å². The van der Waals surface area contributed by atoms with Crippen molar-refractivity contribution >= 4 is 17.8 Å². The molecule has 0 radical (unpaired) electrons. The van der Waals surface area contributed by atoms with Crippen LogP contribution in [0.2, 0.25) is 5.02 Å². The third-order valence-corrected chi connectivity index (χ3v) is 13.9. The molecular weight excluding hydrogens is 241 g/mol. The predicted molar refractivity (Wildman–Crippen MR) is 45.5 cm³/mol. The number of benzene rings is 1. The van der Waals surface area contributed by atoms with E-state index >= 15 is 0 Å². The van der Waals surface area contributed by atoms with E-state index in [1.165, 1.54) is 5.02 Å². The molecule has 0 nitrogen and oxygen atoms in total. The number of halogens is 1. The van der Waals surface area contributed by atoms with Gasteiger partial charge in [-0.2, -0.15) is 0 Å². The molecule has 0 amide bonds. The van der Waals surface area contributed by atoms with Crippen molar-refractivity contribution in [1.29, 1.82) is 0 Å². The van der Waals surface area contributed by atoms with Crippen LogP contribution >= 0.6 is 13.6 Å². The normalized spacial score (nSPS) is 9.40. The fourth-order valence-corrected chi connectivity index (χ4v) is 5.82. The fourth-order valence-electron chi connectivity index (χ4n) is 1.02. The molecular formula is C8H10BrZn. The zero-order valence-electron chi connectivity index (χ0n) is 6.18. The molecule has 0 fully saturated rings. The molecule has 1 rings (SSSR count). The van der Waals surface area contributed by atoms with Crippen LogP contribution in [-0.4, -0.2) is 0 Å². The predicted octanol–water partition coefficient (Wildman–Crippen LogP) is 2.68. The van der Waals surface area contributed by atoms with Crippen LogP contribution in [0.4, 0.5) is 0 Å². The molecule has 0 aliphatic rings. The van der Waals surface area contributed by atoms with E-state index < -0.39 is 14.0 Å². The van der Waals surface area contributed by atoms with Crippen LogP contribution in [0.1, 0.15) is 6.92 Å². The van der Waals surface area contributed by atoms with Crippen molar-refractivity contribution < 1.29 is 14.0 Å². The van der Waals surface area contributed by atoms with Crippen molar-refractivity contribution in [3.05, 3.63) is 30.3 Å². The fraction of sp³-hybridized carbons (Fsp3) is 0.250. The molecule has 0 atom stereocenters. The molecule has 1 aromatic rings. The van der Waals surface area contributed by atoms with Crippen molar-refractivity contribution in [3.63, 3.8) is 0 Å². The van der Waals surface area contributed by atoms with Crippen LogP contribution in [0.15, 0.2) is 30.3 Å². The van der Waals surface area contributed by atoms with Gasteiger partial charge < -0.3 is 0 Å². The first-order valence-corrected chi connectivity index (χ1v) is 14.3. The Bertz CT molecular complexity index is 186. The first kappa shape index (κ1) is 8.42. The van der Waals surface area contributed by atoms with E-state index in [0.717, 1.165) is 0 Å². The Labute approximate surface area is 73.9 Å². The van der Waals surface area contributed by atoms with Crippen molar-refractivity contribution in [2.45, 2.75) is 11.9 Å². The summed E-state index contributed by atoms with van der Waals surface area (Å²) in [5.41, 5.74) is 0. The van der Waals surface area contributed by atoms with Crippen molar-refractivity contribution in [3.8, 4) is 0 Å². The van der Waals surface area contributed by atoms with Crippen molar-refractivity contribution in [2.24, 2.45) is 0 Å². The zero-order chi connectivity index (χ0) is 7.40. The molecule has 0 aliphatic heterocycles. The molecule has 0 aliphatic carbocycles. The molecule has 1 aromatic carbocycles. The maximum absolute atomic E-state index is 3.79. The number of hydrogen-bond donors (Lipinski definition) is 0. The van der Waals surface area contributed by atoms with Crippen LogP contribution in [0.3, 0.4) is 0 Å². The van der Waals surface area contributed by atoms with Gasteiger partial charge in [0.25, 0.3) is 0 Å². The van der Waals surface area contributed by atoms with Gasteiger partial charge in [0.15, 0.2) is 0 Å². The van der Waals surface area contributed by atoms with Crippen molar-refractivity contribution in [1.82, 2.24) is 0 Å². The van der Waals surface area contributed by atoms with Gasteiger partial charge in [0, 0.05) is 0 Å². The van der Waals surface area contributed by atoms with Crippen LogP contribution < -0.4 is 4.16 Å². The summed E-state index contributed by atoms with van der Waals surface area (Å²) in [6.07, 6.45) is 0. The van der Waals surface area contributed by atoms with E-state index in [-0.39, 0.29) is 0 Å². The van der Waals surface area contributed by atoms with E-state index in [1.54, 1.807) is 4.16 Å². The summed E-state index contributed by atoms with van der Waals surface area (Å²) in [6.45, 7) is 2.27. The third kappa shape index (κ3) is 2.18. The number of hydrogen-bond acceptors (Lipinski definition) is 0. The Morgan fingerprint density at radius 2 is 1.90 bits per heavy atom. The molecule has 0 unspecified atom stereocenters. The average molecular weight is 251 g/mol. The summed E-state index contributed by atoms with van der Waals surface area (Å²) in [7, 11) is 0. The van der Waals surface area contributed by atoms with Crippen LogP contribution in [-0.2, 0) is 14.0 Å². The molecule has 0 aromatic heterocycles. The van der Waals surface area contributed by atoms with Gasteiger partial charge >= 0.3 is 74.0 Å². The van der Waals surface area contributed by atoms with Gasteiger partial charge in [0.05, 0.1) is 0 Å². The molecule has 0 N–H and O–H groups in total. The van der Waals surface area contributed by atoms with E-state index in [2.05, 4.69) is 50.9 Å². The Morgan fingerprint density at radius 3 is 2.40 bits per heavy atom. The summed E-state index contributed by atoms with van der Waals surface area (Å²) in [5, 5.41) is 1.35. The molecule has 0 heterocycles. The van der Waals surface area contributed by atoms with Crippen LogP contribution in [0.5, 0.6) is 0 Å². The second-order valence-electron chi connectivity index (χ2n) is 2.56. The van der Waals surface area contributed by atoms with Gasteiger partial charge in [-0.15, -0.1) is 0 Å². The van der Waals surface area contributed by atoms with E-state index in [4.69, 9.17) is 0 Å². The summed E-state index contributed by atoms with van der Waals surface area (Å²) in [4.78, 5) is 0. The molecule has 0 saturated carbocycles. The Kier molecular flexibility index (Phi) is 3.58. The molecule has 2 heteroatoms. The number of rotatable bonds is 2. The SMILES string of the molecule is C[CH2][Zn]([Br])[c]1ccccc1. The second kappa shape index (κ2) is 4.25. The van der Waals surface area contributed by atoms with Gasteiger partial charge in [0.2, 0.25) is 0 Å². The Hall–Kier alpha value is 0.323. The molecule has 0 bridgehead atoms. The van der Waals surface area contributed by atoms with E-state index in [0.29, 0.717) is 0 Å². The zero-order valence-corrected chi connectivity index (χ0v) is 10.7. The van der Waals surface area contributed by atoms with Gasteiger partial charge in [-0.3, -0.25) is 0 Å². The first-order valence-electron chi connectivity index (χ1n) is 3.74. The summed E-state index contributed by atoms with van der Waals surface area (Å²) in [6, 6.07) is 10.8. The summed E-state index contributed by atoms with van der Waals surface area (Å²) in [5.74, 6) is 0. The summed E-state index contributed by atoms with van der Waals surface area (Å²) < 4.78 is 1.57. The minimum atomic E-state index is -1.35. The average Bonchev–Trinajstić information content (AvgIpc) is 2.05. The Morgan fingerprint density at radius 1 is 1.30 bits per heavy atom. The second-order valence-corrected chi connectivity index (χ2v) is 15.8. The molecule has 0 spiro atoms. The van der Waals surface area contributed by atoms with Crippen molar-refractivity contribution in [2.75, 3.05) is 0 Å². The Balaban J connectivity index is 2.75. The third-order valence-electron chi connectivity index (χ3n) is 1.72. The summed E-state index contributed by atoms with van der Waals surface area (Å²) >= 11 is 2.44. The van der Waals surface area contributed by atoms with Crippen LogP contribution in [0.25, 0.3) is 0 Å². The van der Waals surface area contributed by atoms with Gasteiger partial charge in [-0.1, -0.05) is 0 Å².